The predicted octanol–water partition coefficient (Wildman–Crippen LogP) is 2.07. The van der Waals surface area contributed by atoms with Crippen LogP contribution < -0.4 is 10.6 Å². The van der Waals surface area contributed by atoms with Gasteiger partial charge in [0, 0.05) is 31.1 Å². The van der Waals surface area contributed by atoms with E-state index in [-0.39, 0.29) is 0 Å². The first-order chi connectivity index (χ1) is 8.02. The van der Waals surface area contributed by atoms with Gasteiger partial charge in [-0.3, -0.25) is 4.68 Å². The average Bonchev–Trinajstić information content (AvgIpc) is 2.56. The highest BCUT2D eigenvalue weighted by atomic mass is 32.2. The molecule has 1 fully saturated rings. The van der Waals surface area contributed by atoms with Crippen molar-refractivity contribution in [1.29, 1.82) is 0 Å². The number of hydrogen-bond acceptors (Lipinski definition) is 4. The SMILES string of the molecule is CC(C)c1nn(C)c(N2CCSCC2C)c1N. The normalized spacial score (nSPS) is 21.2. The molecule has 2 N–H and O–H groups in total. The Morgan fingerprint density at radius 1 is 1.47 bits per heavy atom. The second-order valence-corrected chi connectivity index (χ2v) is 6.17. The number of hydrogen-bond donors (Lipinski definition) is 1. The molecule has 0 saturated carbocycles. The second kappa shape index (κ2) is 4.80. The van der Waals surface area contributed by atoms with E-state index in [4.69, 9.17) is 5.73 Å². The molecule has 17 heavy (non-hydrogen) atoms. The molecular weight excluding hydrogens is 232 g/mol. The minimum atomic E-state index is 0.379. The van der Waals surface area contributed by atoms with Crippen molar-refractivity contribution in [3.05, 3.63) is 5.69 Å². The van der Waals surface area contributed by atoms with Crippen molar-refractivity contribution in [2.45, 2.75) is 32.7 Å². The van der Waals surface area contributed by atoms with E-state index in [0.717, 1.165) is 23.7 Å². The quantitative estimate of drug-likeness (QED) is 0.877. The van der Waals surface area contributed by atoms with Gasteiger partial charge in [-0.15, -0.1) is 0 Å². The third-order valence-corrected chi connectivity index (χ3v) is 4.46. The summed E-state index contributed by atoms with van der Waals surface area (Å²) >= 11 is 2.01. The summed E-state index contributed by atoms with van der Waals surface area (Å²) in [4.78, 5) is 2.39. The van der Waals surface area contributed by atoms with Crippen LogP contribution in [0.2, 0.25) is 0 Å². The van der Waals surface area contributed by atoms with Gasteiger partial charge in [0.05, 0.1) is 11.4 Å². The maximum atomic E-state index is 6.27. The Hall–Kier alpha value is -0.840. The van der Waals surface area contributed by atoms with E-state index in [9.17, 15) is 0 Å². The van der Waals surface area contributed by atoms with E-state index in [1.807, 2.05) is 23.5 Å². The number of nitrogens with zero attached hydrogens (tertiary/aromatic N) is 3. The first-order valence-electron chi connectivity index (χ1n) is 6.19. The molecule has 0 radical (unpaired) electrons. The lowest BCUT2D eigenvalue weighted by molar-refractivity contribution is 0.642. The number of aryl methyl sites for hydroxylation is 1. The Bertz CT molecular complexity index is 399. The first kappa shape index (κ1) is 12.6. The molecule has 0 aliphatic carbocycles. The zero-order valence-electron chi connectivity index (χ0n) is 11.1. The van der Waals surface area contributed by atoms with Crippen LogP contribution in [0.15, 0.2) is 0 Å². The van der Waals surface area contributed by atoms with Crippen LogP contribution in [0.1, 0.15) is 32.4 Å². The zero-order valence-corrected chi connectivity index (χ0v) is 11.9. The minimum absolute atomic E-state index is 0.379. The fourth-order valence-corrected chi connectivity index (χ4v) is 3.37. The fraction of sp³-hybridized carbons (Fsp3) is 0.750. The van der Waals surface area contributed by atoms with Gasteiger partial charge in [0.15, 0.2) is 5.82 Å². The number of nitrogens with two attached hydrogens (primary N) is 1. The van der Waals surface area contributed by atoms with E-state index in [1.165, 1.54) is 11.5 Å². The summed E-state index contributed by atoms with van der Waals surface area (Å²) in [5.74, 6) is 3.82. The number of nitrogen functional groups attached to an aromatic ring is 1. The topological polar surface area (TPSA) is 47.1 Å². The molecule has 1 aliphatic rings. The molecule has 1 aromatic rings. The molecule has 2 rings (SSSR count). The van der Waals surface area contributed by atoms with Crippen LogP contribution in [0.4, 0.5) is 11.5 Å². The van der Waals surface area contributed by atoms with E-state index in [2.05, 4.69) is 30.8 Å². The lowest BCUT2D eigenvalue weighted by atomic mass is 10.1. The molecule has 1 aliphatic heterocycles. The van der Waals surface area contributed by atoms with Gasteiger partial charge in [-0.25, -0.2) is 0 Å². The maximum Gasteiger partial charge on any atom is 0.150 e. The third-order valence-electron chi connectivity index (χ3n) is 3.27. The average molecular weight is 254 g/mol. The highest BCUT2D eigenvalue weighted by Gasteiger charge is 2.26. The Balaban J connectivity index is 2.37. The highest BCUT2D eigenvalue weighted by Crippen LogP contribution is 2.33. The highest BCUT2D eigenvalue weighted by molar-refractivity contribution is 7.99. The molecule has 0 amide bonds. The maximum absolute atomic E-state index is 6.27. The monoisotopic (exact) mass is 254 g/mol. The van der Waals surface area contributed by atoms with E-state index < -0.39 is 0 Å². The molecule has 0 spiro atoms. The van der Waals surface area contributed by atoms with Gasteiger partial charge >= 0.3 is 0 Å². The second-order valence-electron chi connectivity index (χ2n) is 5.02. The Morgan fingerprint density at radius 3 is 2.71 bits per heavy atom. The van der Waals surface area contributed by atoms with Crippen molar-refractivity contribution in [2.75, 3.05) is 28.7 Å². The van der Waals surface area contributed by atoms with Gasteiger partial charge < -0.3 is 10.6 Å². The van der Waals surface area contributed by atoms with Gasteiger partial charge in [0.25, 0.3) is 0 Å². The van der Waals surface area contributed by atoms with Crippen LogP contribution in [-0.2, 0) is 7.05 Å². The van der Waals surface area contributed by atoms with Crippen molar-refractivity contribution in [3.8, 4) is 0 Å². The van der Waals surface area contributed by atoms with Crippen LogP contribution in [-0.4, -0.2) is 33.9 Å². The zero-order chi connectivity index (χ0) is 12.6. The number of thioether (sulfide) groups is 1. The van der Waals surface area contributed by atoms with Crippen molar-refractivity contribution >= 4 is 23.3 Å². The molecule has 2 heterocycles. The summed E-state index contributed by atoms with van der Waals surface area (Å²) in [6.07, 6.45) is 0. The molecule has 1 unspecified atom stereocenters. The summed E-state index contributed by atoms with van der Waals surface area (Å²) in [7, 11) is 1.99. The fourth-order valence-electron chi connectivity index (χ4n) is 2.36. The van der Waals surface area contributed by atoms with Crippen LogP contribution in [0.25, 0.3) is 0 Å². The van der Waals surface area contributed by atoms with Crippen molar-refractivity contribution in [1.82, 2.24) is 9.78 Å². The molecule has 1 aromatic heterocycles. The van der Waals surface area contributed by atoms with Crippen LogP contribution in [0, 0.1) is 0 Å². The summed E-state index contributed by atoms with van der Waals surface area (Å²) in [5, 5.41) is 4.56. The lowest BCUT2D eigenvalue weighted by Crippen LogP contribution is -2.41. The summed E-state index contributed by atoms with van der Waals surface area (Å²) in [5.41, 5.74) is 8.15. The summed E-state index contributed by atoms with van der Waals surface area (Å²) in [6, 6.07) is 0.534. The molecule has 0 bridgehead atoms. The molecule has 4 nitrogen and oxygen atoms in total. The Labute approximate surface area is 108 Å². The van der Waals surface area contributed by atoms with Crippen LogP contribution in [0.5, 0.6) is 0 Å². The van der Waals surface area contributed by atoms with Gasteiger partial charge in [-0.05, 0) is 12.8 Å². The number of aromatic nitrogens is 2. The molecule has 96 valence electrons. The van der Waals surface area contributed by atoms with Crippen molar-refractivity contribution in [2.24, 2.45) is 7.05 Å². The van der Waals surface area contributed by atoms with Crippen molar-refractivity contribution in [3.63, 3.8) is 0 Å². The van der Waals surface area contributed by atoms with Crippen molar-refractivity contribution < 1.29 is 0 Å². The third kappa shape index (κ3) is 2.25. The smallest absolute Gasteiger partial charge is 0.150 e. The largest absolute Gasteiger partial charge is 0.394 e. The standard InChI is InChI=1S/C12H22N4S/c1-8(2)11-10(13)12(15(4)14-11)16-5-6-17-7-9(16)3/h8-9H,5-7,13H2,1-4H3. The van der Waals surface area contributed by atoms with Gasteiger partial charge in [0.1, 0.15) is 0 Å². The molecule has 0 aromatic carbocycles. The predicted molar refractivity (Wildman–Crippen MR) is 75.8 cm³/mol. The lowest BCUT2D eigenvalue weighted by Gasteiger charge is -2.35. The van der Waals surface area contributed by atoms with E-state index in [1.54, 1.807) is 0 Å². The van der Waals surface area contributed by atoms with Crippen LogP contribution >= 0.6 is 11.8 Å². The molecule has 1 saturated heterocycles. The molecular formula is C12H22N4S. The van der Waals surface area contributed by atoms with Gasteiger partial charge in [-0.1, -0.05) is 13.8 Å². The molecule has 1 atom stereocenters. The van der Waals surface area contributed by atoms with E-state index in [0.29, 0.717) is 12.0 Å². The van der Waals surface area contributed by atoms with E-state index >= 15 is 0 Å². The Kier molecular flexibility index (Phi) is 3.56. The van der Waals surface area contributed by atoms with Crippen LogP contribution in [0.3, 0.4) is 0 Å². The minimum Gasteiger partial charge on any atom is -0.394 e. The first-order valence-corrected chi connectivity index (χ1v) is 7.34. The summed E-state index contributed by atoms with van der Waals surface area (Å²) in [6.45, 7) is 7.59. The molecule has 5 heteroatoms. The van der Waals surface area contributed by atoms with Gasteiger partial charge in [-0.2, -0.15) is 16.9 Å². The van der Waals surface area contributed by atoms with Gasteiger partial charge in [0.2, 0.25) is 0 Å². The summed E-state index contributed by atoms with van der Waals surface area (Å²) < 4.78 is 1.94. The Morgan fingerprint density at radius 2 is 2.18 bits per heavy atom. The number of anilines is 2. The number of rotatable bonds is 2.